The van der Waals surface area contributed by atoms with Gasteiger partial charge in [0, 0.05) is 6.54 Å². The molecule has 1 amide bonds. The van der Waals surface area contributed by atoms with E-state index in [4.69, 9.17) is 32.7 Å². The third-order valence-corrected chi connectivity index (χ3v) is 4.29. The maximum atomic E-state index is 12.0. The number of halogens is 2. The van der Waals surface area contributed by atoms with Crippen molar-refractivity contribution in [2.75, 3.05) is 14.2 Å². The van der Waals surface area contributed by atoms with Crippen LogP contribution in [0.3, 0.4) is 0 Å². The average Bonchev–Trinajstić information content (AvgIpc) is 2.83. The Hall–Kier alpha value is -1.43. The molecule has 0 radical (unpaired) electrons. The molecule has 0 unspecified atom stereocenters. The summed E-state index contributed by atoms with van der Waals surface area (Å²) in [4.78, 5) is 12.0. The second kappa shape index (κ2) is 7.02. The van der Waals surface area contributed by atoms with E-state index in [1.54, 1.807) is 32.4 Å². The molecule has 2 aromatic rings. The highest BCUT2D eigenvalue weighted by molar-refractivity contribution is 7.20. The SMILES string of the molecule is COc1ccc(CNC(=O)c2cc(Cl)sc2Cl)cc1OC. The number of benzene rings is 1. The summed E-state index contributed by atoms with van der Waals surface area (Å²) in [5.74, 6) is 0.985. The van der Waals surface area contributed by atoms with E-state index >= 15 is 0 Å². The topological polar surface area (TPSA) is 47.6 Å². The Bertz CT molecular complexity index is 658. The van der Waals surface area contributed by atoms with Crippen LogP contribution in [-0.4, -0.2) is 20.1 Å². The van der Waals surface area contributed by atoms with Crippen molar-refractivity contribution in [3.05, 3.63) is 44.1 Å². The molecule has 0 aliphatic rings. The minimum Gasteiger partial charge on any atom is -0.493 e. The lowest BCUT2D eigenvalue weighted by Gasteiger charge is -2.10. The molecule has 1 aromatic heterocycles. The molecule has 2 rings (SSSR count). The van der Waals surface area contributed by atoms with E-state index in [-0.39, 0.29) is 5.91 Å². The van der Waals surface area contributed by atoms with Gasteiger partial charge >= 0.3 is 0 Å². The zero-order valence-corrected chi connectivity index (χ0v) is 13.7. The predicted octanol–water partition coefficient (Wildman–Crippen LogP) is 4.00. The molecule has 0 saturated heterocycles. The molecule has 1 aromatic carbocycles. The molecule has 7 heteroatoms. The van der Waals surface area contributed by atoms with Gasteiger partial charge in [-0.05, 0) is 23.8 Å². The van der Waals surface area contributed by atoms with Crippen molar-refractivity contribution in [3.8, 4) is 11.5 Å². The van der Waals surface area contributed by atoms with Crippen LogP contribution in [0.15, 0.2) is 24.3 Å². The number of carbonyl (C=O) groups excluding carboxylic acids is 1. The second-order valence-electron chi connectivity index (χ2n) is 4.11. The number of carbonyl (C=O) groups is 1. The molecule has 4 nitrogen and oxygen atoms in total. The van der Waals surface area contributed by atoms with Gasteiger partial charge in [0.25, 0.3) is 5.91 Å². The van der Waals surface area contributed by atoms with Crippen LogP contribution in [0.5, 0.6) is 11.5 Å². The Balaban J connectivity index is 2.06. The lowest BCUT2D eigenvalue weighted by atomic mass is 10.2. The highest BCUT2D eigenvalue weighted by atomic mass is 35.5. The molecule has 21 heavy (non-hydrogen) atoms. The van der Waals surface area contributed by atoms with E-state index in [0.717, 1.165) is 16.9 Å². The van der Waals surface area contributed by atoms with Gasteiger partial charge in [-0.15, -0.1) is 11.3 Å². The van der Waals surface area contributed by atoms with E-state index in [9.17, 15) is 4.79 Å². The van der Waals surface area contributed by atoms with Crippen LogP contribution in [0.2, 0.25) is 8.67 Å². The molecule has 1 heterocycles. The van der Waals surface area contributed by atoms with Gasteiger partial charge in [0.2, 0.25) is 0 Å². The van der Waals surface area contributed by atoms with Gasteiger partial charge in [-0.2, -0.15) is 0 Å². The average molecular weight is 346 g/mol. The van der Waals surface area contributed by atoms with Gasteiger partial charge in [-0.3, -0.25) is 4.79 Å². The van der Waals surface area contributed by atoms with Crippen molar-refractivity contribution in [2.24, 2.45) is 0 Å². The number of ether oxygens (including phenoxy) is 2. The molecule has 1 N–H and O–H groups in total. The first-order valence-electron chi connectivity index (χ1n) is 5.99. The third kappa shape index (κ3) is 3.81. The number of rotatable bonds is 5. The van der Waals surface area contributed by atoms with Crippen molar-refractivity contribution in [3.63, 3.8) is 0 Å². The number of amides is 1. The summed E-state index contributed by atoms with van der Waals surface area (Å²) in [6.07, 6.45) is 0. The Morgan fingerprint density at radius 1 is 1.19 bits per heavy atom. The first-order chi connectivity index (χ1) is 10.0. The number of hydrogen-bond donors (Lipinski definition) is 1. The highest BCUT2D eigenvalue weighted by Gasteiger charge is 2.14. The largest absolute Gasteiger partial charge is 0.493 e. The molecule has 112 valence electrons. The number of methoxy groups -OCH3 is 2. The van der Waals surface area contributed by atoms with Crippen LogP contribution < -0.4 is 14.8 Å². The molecular weight excluding hydrogens is 333 g/mol. The minimum absolute atomic E-state index is 0.266. The maximum Gasteiger partial charge on any atom is 0.253 e. The van der Waals surface area contributed by atoms with E-state index in [0.29, 0.717) is 32.3 Å². The van der Waals surface area contributed by atoms with Gasteiger partial charge in [0.1, 0.15) is 4.34 Å². The molecule has 0 spiro atoms. The Morgan fingerprint density at radius 2 is 1.90 bits per heavy atom. The van der Waals surface area contributed by atoms with Crippen molar-refractivity contribution < 1.29 is 14.3 Å². The van der Waals surface area contributed by atoms with E-state index < -0.39 is 0 Å². The van der Waals surface area contributed by atoms with Crippen molar-refractivity contribution in [2.45, 2.75) is 6.54 Å². The van der Waals surface area contributed by atoms with E-state index in [1.165, 1.54) is 0 Å². The summed E-state index contributed by atoms with van der Waals surface area (Å²) in [5, 5.41) is 2.79. The van der Waals surface area contributed by atoms with Crippen molar-refractivity contribution in [1.29, 1.82) is 0 Å². The summed E-state index contributed by atoms with van der Waals surface area (Å²) in [6.45, 7) is 0.350. The quantitative estimate of drug-likeness (QED) is 0.890. The molecule has 0 atom stereocenters. The summed E-state index contributed by atoms with van der Waals surface area (Å²) >= 11 is 12.9. The standard InChI is InChI=1S/C14H13Cl2NO3S/c1-19-10-4-3-8(5-11(10)20-2)7-17-14(18)9-6-12(15)21-13(9)16/h3-6H,7H2,1-2H3,(H,17,18). The van der Waals surface area contributed by atoms with Crippen LogP contribution in [0, 0.1) is 0 Å². The van der Waals surface area contributed by atoms with Crippen LogP contribution >= 0.6 is 34.5 Å². The number of thiophene rings is 1. The summed E-state index contributed by atoms with van der Waals surface area (Å²) in [5.41, 5.74) is 1.27. The van der Waals surface area contributed by atoms with E-state index in [1.807, 2.05) is 6.07 Å². The lowest BCUT2D eigenvalue weighted by molar-refractivity contribution is 0.0951. The Kier molecular flexibility index (Phi) is 5.33. The normalized spacial score (nSPS) is 10.3. The molecule has 0 fully saturated rings. The van der Waals surface area contributed by atoms with Crippen LogP contribution in [0.25, 0.3) is 0 Å². The molecule has 0 aliphatic heterocycles. The third-order valence-electron chi connectivity index (χ3n) is 2.80. The monoisotopic (exact) mass is 345 g/mol. The van der Waals surface area contributed by atoms with Crippen molar-refractivity contribution in [1.82, 2.24) is 5.32 Å². The summed E-state index contributed by atoms with van der Waals surface area (Å²) in [6, 6.07) is 7.00. The van der Waals surface area contributed by atoms with Gasteiger partial charge in [0.05, 0.1) is 24.1 Å². The molecular formula is C14H13Cl2NO3S. The van der Waals surface area contributed by atoms with Crippen LogP contribution in [-0.2, 0) is 6.54 Å². The fraction of sp³-hybridized carbons (Fsp3) is 0.214. The summed E-state index contributed by atoms with van der Waals surface area (Å²) in [7, 11) is 3.13. The Morgan fingerprint density at radius 3 is 2.48 bits per heavy atom. The fourth-order valence-electron chi connectivity index (χ4n) is 1.76. The van der Waals surface area contributed by atoms with Crippen LogP contribution in [0.4, 0.5) is 0 Å². The zero-order valence-electron chi connectivity index (χ0n) is 11.4. The molecule has 0 aliphatic carbocycles. The van der Waals surface area contributed by atoms with Gasteiger partial charge in [0.15, 0.2) is 11.5 Å². The van der Waals surface area contributed by atoms with Gasteiger partial charge in [-0.25, -0.2) is 0 Å². The highest BCUT2D eigenvalue weighted by Crippen LogP contribution is 2.31. The van der Waals surface area contributed by atoms with Gasteiger partial charge < -0.3 is 14.8 Å². The first kappa shape index (κ1) is 15.9. The molecule has 0 bridgehead atoms. The second-order valence-corrected chi connectivity index (χ2v) is 6.40. The Labute approximate surface area is 136 Å². The molecule has 0 saturated carbocycles. The summed E-state index contributed by atoms with van der Waals surface area (Å²) < 4.78 is 11.2. The predicted molar refractivity (Wildman–Crippen MR) is 85.1 cm³/mol. The van der Waals surface area contributed by atoms with Crippen molar-refractivity contribution >= 4 is 40.4 Å². The first-order valence-corrected chi connectivity index (χ1v) is 7.56. The fourth-order valence-corrected chi connectivity index (χ4v) is 3.22. The van der Waals surface area contributed by atoms with E-state index in [2.05, 4.69) is 5.32 Å². The smallest absolute Gasteiger partial charge is 0.253 e. The lowest BCUT2D eigenvalue weighted by Crippen LogP contribution is -2.22. The minimum atomic E-state index is -0.266. The van der Waals surface area contributed by atoms with Gasteiger partial charge in [-0.1, -0.05) is 29.3 Å². The maximum absolute atomic E-state index is 12.0. The number of hydrogen-bond acceptors (Lipinski definition) is 4. The zero-order chi connectivity index (χ0) is 15.4. The van der Waals surface area contributed by atoms with Crippen LogP contribution in [0.1, 0.15) is 15.9 Å². The number of nitrogens with one attached hydrogen (secondary N) is 1.